The molecule has 0 aliphatic rings. The maximum Gasteiger partial charge on any atom is 3.00 e. The maximum absolute atomic E-state index is 4.29. The van der Waals surface area contributed by atoms with Crippen LogP contribution in [0.2, 0.25) is 0 Å². The molecule has 50 valence electrons. The van der Waals surface area contributed by atoms with Crippen LogP contribution in [-0.2, 0) is 4.84 Å². The van der Waals surface area contributed by atoms with Gasteiger partial charge in [0.05, 0.1) is 7.11 Å². The monoisotopic (exact) mass is 133 g/mol. The van der Waals surface area contributed by atoms with E-state index in [1.54, 1.807) is 14.2 Å². The number of nitrogens with one attached hydrogen (secondary N) is 1. The van der Waals surface area contributed by atoms with Crippen LogP contribution in [0.25, 0.3) is 0 Å². The molecule has 0 aromatic rings. The van der Waals surface area contributed by atoms with Crippen LogP contribution < -0.4 is 5.48 Å². The first kappa shape index (κ1) is 39.4. The van der Waals surface area contributed by atoms with E-state index in [0.29, 0.717) is 0 Å². The summed E-state index contributed by atoms with van der Waals surface area (Å²) in [7, 11) is 3.28. The van der Waals surface area contributed by atoms with Gasteiger partial charge in [-0.15, -0.1) is 0 Å². The zero-order valence-corrected chi connectivity index (χ0v) is 7.64. The number of hydrogen-bond acceptors (Lipinski definition) is 2. The van der Waals surface area contributed by atoms with Gasteiger partial charge in [0, 0.05) is 7.05 Å². The molecule has 0 aromatic heterocycles. The van der Waals surface area contributed by atoms with Crippen molar-refractivity contribution in [2.45, 2.75) is 0 Å². The summed E-state index contributed by atoms with van der Waals surface area (Å²) in [6.45, 7) is 0. The second kappa shape index (κ2) is 51.6. The maximum atomic E-state index is 4.29. The van der Waals surface area contributed by atoms with Crippen LogP contribution in [0.4, 0.5) is 0 Å². The van der Waals surface area contributed by atoms with Gasteiger partial charge in [-0.3, -0.25) is 0 Å². The summed E-state index contributed by atoms with van der Waals surface area (Å²) in [6, 6.07) is 0. The summed E-state index contributed by atoms with van der Waals surface area (Å²) in [4.78, 5) is 4.29. The molecule has 0 bridgehead atoms. The third-order valence-corrected chi connectivity index (χ3v) is 0.204. The minimum absolute atomic E-state index is 0. The Morgan fingerprint density at radius 3 is 1.25 bits per heavy atom. The Balaban J connectivity index is -0.00000000750. The Hall–Kier alpha value is 0.452. The molecule has 0 aliphatic carbocycles. The van der Waals surface area contributed by atoms with E-state index in [4.69, 9.17) is 0 Å². The molecule has 0 saturated heterocycles. The number of rotatable bonds is 1. The Bertz CT molecular complexity index is 14.4. The van der Waals surface area contributed by atoms with E-state index in [1.807, 2.05) is 0 Å². The number of hydrogen-bond donors (Lipinski definition) is 1. The van der Waals surface area contributed by atoms with Gasteiger partial charge in [0.15, 0.2) is 0 Å². The van der Waals surface area contributed by atoms with Gasteiger partial charge in [-0.2, -0.15) is 0 Å². The first-order chi connectivity index (χ1) is 1.91. The summed E-state index contributed by atoms with van der Waals surface area (Å²) in [6.07, 6.45) is 0. The normalized spacial score (nSPS) is 3.75. The van der Waals surface area contributed by atoms with Gasteiger partial charge in [0.25, 0.3) is 0 Å². The molecule has 0 unspecified atom stereocenters. The molecule has 0 atom stereocenters. The van der Waals surface area contributed by atoms with E-state index >= 15 is 0 Å². The van der Waals surface area contributed by atoms with Crippen LogP contribution in [0.5, 0.6) is 0 Å². The van der Waals surface area contributed by atoms with Crippen molar-refractivity contribution in [3.63, 3.8) is 0 Å². The zero-order chi connectivity index (χ0) is 3.41. The Kier molecular flexibility index (Phi) is 254. The molecule has 0 spiro atoms. The van der Waals surface area contributed by atoms with E-state index in [0.717, 1.165) is 0 Å². The van der Waals surface area contributed by atoms with Crippen LogP contribution in [0.3, 0.4) is 0 Å². The molecule has 0 aliphatic heterocycles. The first-order valence-corrected chi connectivity index (χ1v) is 1.11. The van der Waals surface area contributed by atoms with Crippen LogP contribution in [0, 0.1) is 22.3 Å². The molecule has 0 fully saturated rings. The van der Waals surface area contributed by atoms with Crippen molar-refractivity contribution < 1.29 is 4.84 Å². The van der Waals surface area contributed by atoms with Crippen LogP contribution in [0.15, 0.2) is 0 Å². The fourth-order valence-electron chi connectivity index (χ4n) is 0. The predicted molar refractivity (Wildman–Crippen MR) is 41.1 cm³/mol. The van der Waals surface area contributed by atoms with E-state index in [1.165, 1.54) is 0 Å². The van der Waals surface area contributed by atoms with E-state index in [9.17, 15) is 0 Å². The molecular weight excluding hydrogens is 117 g/mol. The molecule has 0 rings (SSSR count). The van der Waals surface area contributed by atoms with Crippen molar-refractivity contribution in [3.05, 3.63) is 22.3 Å². The molecule has 0 saturated carbocycles. The standard InChI is InChI=1S/C2H7NO.3CH3.Al/c1-3-4-2;;;;/h3H,1-2H3;3*1H3;/q;3*-1;+3. The van der Waals surface area contributed by atoms with Gasteiger partial charge in [0.2, 0.25) is 0 Å². The van der Waals surface area contributed by atoms with Gasteiger partial charge < -0.3 is 27.1 Å². The summed E-state index contributed by atoms with van der Waals surface area (Å²) >= 11 is 0. The van der Waals surface area contributed by atoms with Crippen molar-refractivity contribution >= 4 is 17.4 Å². The number of hydroxylamine groups is 1. The van der Waals surface area contributed by atoms with Crippen molar-refractivity contribution in [1.29, 1.82) is 0 Å². The Morgan fingerprint density at radius 2 is 1.25 bits per heavy atom. The van der Waals surface area contributed by atoms with Gasteiger partial charge in [-0.05, 0) is 0 Å². The van der Waals surface area contributed by atoms with Crippen molar-refractivity contribution in [3.8, 4) is 0 Å². The summed E-state index contributed by atoms with van der Waals surface area (Å²) in [5.41, 5.74) is 2.43. The molecule has 0 radical (unpaired) electrons. The zero-order valence-electron chi connectivity index (χ0n) is 6.49. The van der Waals surface area contributed by atoms with E-state index < -0.39 is 0 Å². The molecule has 1 N–H and O–H groups in total. The summed E-state index contributed by atoms with van der Waals surface area (Å²) < 4.78 is 0. The van der Waals surface area contributed by atoms with Crippen molar-refractivity contribution in [2.24, 2.45) is 0 Å². The Morgan fingerprint density at radius 1 is 1.12 bits per heavy atom. The van der Waals surface area contributed by atoms with Gasteiger partial charge in [-0.25, -0.2) is 5.48 Å². The quantitative estimate of drug-likeness (QED) is 0.323. The van der Waals surface area contributed by atoms with Crippen LogP contribution >= 0.6 is 0 Å². The smallest absolute Gasteiger partial charge is 0.358 e. The largest absolute Gasteiger partial charge is 3.00 e. The Labute approximate surface area is 64.7 Å². The van der Waals surface area contributed by atoms with Crippen LogP contribution in [-0.4, -0.2) is 31.5 Å². The molecule has 0 heterocycles. The summed E-state index contributed by atoms with van der Waals surface area (Å²) in [5, 5.41) is 0. The minimum Gasteiger partial charge on any atom is -0.358 e. The SMILES string of the molecule is CNOC.[Al+3].[CH3-].[CH3-].[CH3-]. The molecular formula is C5H16AlNO. The van der Waals surface area contributed by atoms with Crippen molar-refractivity contribution in [1.82, 2.24) is 5.48 Å². The molecule has 0 aromatic carbocycles. The third-order valence-electron chi connectivity index (χ3n) is 0.204. The second-order valence-electron chi connectivity index (χ2n) is 0.408. The van der Waals surface area contributed by atoms with Gasteiger partial charge in [-0.1, -0.05) is 0 Å². The van der Waals surface area contributed by atoms with Gasteiger partial charge >= 0.3 is 17.4 Å². The fraction of sp³-hybridized carbons (Fsp3) is 0.400. The summed E-state index contributed by atoms with van der Waals surface area (Å²) in [5.74, 6) is 0. The molecule has 2 nitrogen and oxygen atoms in total. The second-order valence-corrected chi connectivity index (χ2v) is 0.408. The molecule has 3 heteroatoms. The molecule has 8 heavy (non-hydrogen) atoms. The third kappa shape index (κ3) is 90.9. The first-order valence-electron chi connectivity index (χ1n) is 1.11. The van der Waals surface area contributed by atoms with Crippen LogP contribution in [0.1, 0.15) is 0 Å². The van der Waals surface area contributed by atoms with E-state index in [-0.39, 0.29) is 39.6 Å². The average molecular weight is 133 g/mol. The minimum atomic E-state index is 0. The predicted octanol–water partition coefficient (Wildman–Crippen LogP) is 0.737. The fourth-order valence-corrected chi connectivity index (χ4v) is 0. The molecule has 0 amide bonds. The average Bonchev–Trinajstić information content (AvgIpc) is 1.37. The topological polar surface area (TPSA) is 21.3 Å². The van der Waals surface area contributed by atoms with E-state index in [2.05, 4.69) is 10.3 Å². The van der Waals surface area contributed by atoms with Gasteiger partial charge in [0.1, 0.15) is 0 Å². The van der Waals surface area contributed by atoms with Crippen molar-refractivity contribution in [2.75, 3.05) is 14.2 Å².